The van der Waals surface area contributed by atoms with Crippen molar-refractivity contribution in [2.75, 3.05) is 26.2 Å². The van der Waals surface area contributed by atoms with Crippen molar-refractivity contribution in [1.29, 1.82) is 0 Å². The molecule has 31 heavy (non-hydrogen) atoms. The van der Waals surface area contributed by atoms with Gasteiger partial charge in [-0.15, -0.1) is 0 Å². The summed E-state index contributed by atoms with van der Waals surface area (Å²) in [6, 6.07) is 8.87. The number of nitrogens with zero attached hydrogens (tertiary/aromatic N) is 5. The van der Waals surface area contributed by atoms with Crippen molar-refractivity contribution < 1.29 is 9.59 Å². The van der Waals surface area contributed by atoms with E-state index in [1.165, 1.54) is 0 Å². The van der Waals surface area contributed by atoms with Crippen molar-refractivity contribution in [3.05, 3.63) is 57.9 Å². The van der Waals surface area contributed by atoms with Crippen LogP contribution in [-0.2, 0) is 7.05 Å². The van der Waals surface area contributed by atoms with Gasteiger partial charge in [0.25, 0.3) is 11.8 Å². The van der Waals surface area contributed by atoms with E-state index in [-0.39, 0.29) is 11.8 Å². The molecule has 0 spiro atoms. The third-order valence-corrected chi connectivity index (χ3v) is 6.41. The molecule has 0 unspecified atom stereocenters. The molecule has 1 aliphatic carbocycles. The highest BCUT2D eigenvalue weighted by molar-refractivity contribution is 6.30. The Hall–Kier alpha value is -2.93. The van der Waals surface area contributed by atoms with Crippen LogP contribution in [0.15, 0.2) is 30.3 Å². The number of benzene rings is 1. The van der Waals surface area contributed by atoms with Gasteiger partial charge >= 0.3 is 0 Å². The number of carbonyl (C=O) groups is 2. The van der Waals surface area contributed by atoms with Gasteiger partial charge in [0.1, 0.15) is 0 Å². The standard InChI is InChI=1S/C23H24ClN5O2/c1-14-20-18(13-19(15-3-4-15)25-21(20)27(2)26-14)23(31)29-11-9-28(10-12-29)22(30)16-5-7-17(24)8-6-16/h5-8,13,15H,3-4,9-12H2,1-2H3. The first kappa shape index (κ1) is 20.0. The minimum absolute atomic E-state index is 0.0102. The molecule has 1 aromatic carbocycles. The molecule has 1 saturated heterocycles. The van der Waals surface area contributed by atoms with Crippen LogP contribution in [0.2, 0.25) is 5.02 Å². The number of aromatic nitrogens is 3. The molecular weight excluding hydrogens is 414 g/mol. The highest BCUT2D eigenvalue weighted by atomic mass is 35.5. The number of aryl methyl sites for hydroxylation is 2. The van der Waals surface area contributed by atoms with E-state index < -0.39 is 0 Å². The Kier molecular flexibility index (Phi) is 4.93. The van der Waals surface area contributed by atoms with Crippen LogP contribution in [0.25, 0.3) is 11.0 Å². The first-order chi connectivity index (χ1) is 14.9. The summed E-state index contributed by atoms with van der Waals surface area (Å²) in [7, 11) is 1.87. The molecule has 3 aromatic rings. The van der Waals surface area contributed by atoms with Crippen LogP contribution in [0, 0.1) is 6.92 Å². The molecule has 2 amide bonds. The van der Waals surface area contributed by atoms with Gasteiger partial charge in [-0.1, -0.05) is 11.6 Å². The average molecular weight is 438 g/mol. The van der Waals surface area contributed by atoms with Gasteiger partial charge in [0.15, 0.2) is 5.65 Å². The zero-order valence-corrected chi connectivity index (χ0v) is 18.4. The summed E-state index contributed by atoms with van der Waals surface area (Å²) in [6.07, 6.45) is 2.24. The molecule has 0 N–H and O–H groups in total. The van der Waals surface area contributed by atoms with E-state index in [9.17, 15) is 9.59 Å². The van der Waals surface area contributed by atoms with Crippen LogP contribution in [0.1, 0.15) is 50.9 Å². The summed E-state index contributed by atoms with van der Waals surface area (Å²) < 4.78 is 1.76. The lowest BCUT2D eigenvalue weighted by Crippen LogP contribution is -2.50. The van der Waals surface area contributed by atoms with Gasteiger partial charge in [0.2, 0.25) is 0 Å². The van der Waals surface area contributed by atoms with Gasteiger partial charge < -0.3 is 9.80 Å². The molecule has 2 aromatic heterocycles. The fourth-order valence-corrected chi connectivity index (χ4v) is 4.41. The van der Waals surface area contributed by atoms with Crippen molar-refractivity contribution in [3.63, 3.8) is 0 Å². The summed E-state index contributed by atoms with van der Waals surface area (Å²) in [6.45, 7) is 3.92. The van der Waals surface area contributed by atoms with E-state index >= 15 is 0 Å². The number of rotatable bonds is 3. The Balaban J connectivity index is 1.36. The summed E-state index contributed by atoms with van der Waals surface area (Å²) in [5, 5.41) is 5.93. The quantitative estimate of drug-likeness (QED) is 0.629. The minimum atomic E-state index is -0.0332. The summed E-state index contributed by atoms with van der Waals surface area (Å²) in [4.78, 5) is 34.7. The molecule has 2 aliphatic rings. The number of halogens is 1. The van der Waals surface area contributed by atoms with Crippen LogP contribution in [0.5, 0.6) is 0 Å². The Morgan fingerprint density at radius 3 is 2.23 bits per heavy atom. The topological polar surface area (TPSA) is 71.3 Å². The number of hydrogen-bond acceptors (Lipinski definition) is 4. The summed E-state index contributed by atoms with van der Waals surface area (Å²) in [5.41, 5.74) is 3.85. The van der Waals surface area contributed by atoms with Crippen LogP contribution >= 0.6 is 11.6 Å². The maximum absolute atomic E-state index is 13.5. The van der Waals surface area contributed by atoms with E-state index in [0.717, 1.165) is 35.3 Å². The van der Waals surface area contributed by atoms with Gasteiger partial charge in [-0.05, 0) is 50.1 Å². The van der Waals surface area contributed by atoms with E-state index in [1.54, 1.807) is 33.8 Å². The zero-order chi connectivity index (χ0) is 21.7. The van der Waals surface area contributed by atoms with E-state index in [1.807, 2.05) is 24.9 Å². The number of amides is 2. The van der Waals surface area contributed by atoms with Crippen LogP contribution in [0.4, 0.5) is 0 Å². The number of hydrogen-bond donors (Lipinski definition) is 0. The number of pyridine rings is 1. The van der Waals surface area contributed by atoms with Crippen molar-refractivity contribution in [2.24, 2.45) is 7.05 Å². The number of fused-ring (bicyclic) bond motifs is 1. The van der Waals surface area contributed by atoms with Crippen LogP contribution in [-0.4, -0.2) is 62.6 Å². The molecule has 5 rings (SSSR count). The lowest BCUT2D eigenvalue weighted by atomic mass is 10.1. The molecule has 8 heteroatoms. The summed E-state index contributed by atoms with van der Waals surface area (Å²) >= 11 is 5.92. The molecule has 7 nitrogen and oxygen atoms in total. The lowest BCUT2D eigenvalue weighted by Gasteiger charge is -2.35. The van der Waals surface area contributed by atoms with Crippen molar-refractivity contribution >= 4 is 34.4 Å². The normalized spacial score (nSPS) is 16.7. The Morgan fingerprint density at radius 2 is 1.61 bits per heavy atom. The lowest BCUT2D eigenvalue weighted by molar-refractivity contribution is 0.0536. The smallest absolute Gasteiger partial charge is 0.254 e. The van der Waals surface area contributed by atoms with E-state index in [4.69, 9.17) is 16.6 Å². The second-order valence-corrected chi connectivity index (χ2v) is 8.80. The van der Waals surface area contributed by atoms with Gasteiger partial charge in [-0.3, -0.25) is 14.3 Å². The van der Waals surface area contributed by atoms with Gasteiger partial charge in [-0.2, -0.15) is 5.10 Å². The molecule has 0 radical (unpaired) electrons. The Bertz CT molecular complexity index is 1170. The molecule has 2 fully saturated rings. The zero-order valence-electron chi connectivity index (χ0n) is 17.6. The van der Waals surface area contributed by atoms with Gasteiger partial charge in [0.05, 0.1) is 16.6 Å². The first-order valence-electron chi connectivity index (χ1n) is 10.6. The maximum atomic E-state index is 13.5. The number of piperazine rings is 1. The van der Waals surface area contributed by atoms with Gasteiger partial charge in [-0.25, -0.2) is 4.98 Å². The van der Waals surface area contributed by atoms with Crippen molar-refractivity contribution in [1.82, 2.24) is 24.6 Å². The molecule has 1 saturated carbocycles. The highest BCUT2D eigenvalue weighted by Gasteiger charge is 2.31. The predicted molar refractivity (Wildman–Crippen MR) is 118 cm³/mol. The van der Waals surface area contributed by atoms with E-state index in [0.29, 0.717) is 48.2 Å². The molecule has 160 valence electrons. The molecular formula is C23H24ClN5O2. The van der Waals surface area contributed by atoms with Crippen molar-refractivity contribution in [3.8, 4) is 0 Å². The largest absolute Gasteiger partial charge is 0.335 e. The maximum Gasteiger partial charge on any atom is 0.254 e. The Labute approximate surface area is 185 Å². The molecule has 1 aliphatic heterocycles. The van der Waals surface area contributed by atoms with Crippen LogP contribution in [0.3, 0.4) is 0 Å². The minimum Gasteiger partial charge on any atom is -0.335 e. The van der Waals surface area contributed by atoms with Crippen LogP contribution < -0.4 is 0 Å². The fourth-order valence-electron chi connectivity index (χ4n) is 4.28. The van der Waals surface area contributed by atoms with E-state index in [2.05, 4.69) is 5.10 Å². The average Bonchev–Trinajstić information content (AvgIpc) is 3.59. The van der Waals surface area contributed by atoms with Crippen molar-refractivity contribution in [2.45, 2.75) is 25.7 Å². The second-order valence-electron chi connectivity index (χ2n) is 8.37. The highest BCUT2D eigenvalue weighted by Crippen LogP contribution is 2.40. The molecule has 0 bridgehead atoms. The molecule has 0 atom stereocenters. The monoisotopic (exact) mass is 437 g/mol. The third-order valence-electron chi connectivity index (χ3n) is 6.16. The fraction of sp³-hybridized carbons (Fsp3) is 0.391. The Morgan fingerprint density at radius 1 is 1.00 bits per heavy atom. The second kappa shape index (κ2) is 7.64. The van der Waals surface area contributed by atoms with Gasteiger partial charge in [0, 0.05) is 55.4 Å². The predicted octanol–water partition coefficient (Wildman–Crippen LogP) is 3.41. The summed E-state index contributed by atoms with van der Waals surface area (Å²) in [5.74, 6) is 0.401. The third kappa shape index (κ3) is 3.67. The first-order valence-corrected chi connectivity index (χ1v) is 11.0. The molecule has 3 heterocycles. The SMILES string of the molecule is Cc1nn(C)c2nc(C3CC3)cc(C(=O)N3CCN(C(=O)c4ccc(Cl)cc4)CC3)c12. The number of carbonyl (C=O) groups excluding carboxylic acids is 2.